The van der Waals surface area contributed by atoms with Gasteiger partial charge in [-0.3, -0.25) is 4.90 Å². The second kappa shape index (κ2) is 7.72. The van der Waals surface area contributed by atoms with Crippen molar-refractivity contribution >= 4 is 24.0 Å². The zero-order valence-corrected chi connectivity index (χ0v) is 12.7. The molecule has 1 fully saturated rings. The van der Waals surface area contributed by atoms with Gasteiger partial charge in [-0.2, -0.15) is 5.26 Å². The SMILES string of the molecule is CCN1CCN(Cc2ccc(C#N)cc2Cl)CC1.Cl. The number of halogens is 2. The highest BCUT2D eigenvalue weighted by Gasteiger charge is 2.16. The summed E-state index contributed by atoms with van der Waals surface area (Å²) in [6.45, 7) is 8.64. The van der Waals surface area contributed by atoms with Crippen LogP contribution in [0.1, 0.15) is 18.1 Å². The standard InChI is InChI=1S/C14H18ClN3.ClH/c1-2-17-5-7-18(8-6-17)11-13-4-3-12(10-16)9-14(13)15;/h3-4,9H,2,5-8,11H2,1H3;1H. The highest BCUT2D eigenvalue weighted by molar-refractivity contribution is 6.31. The molecule has 1 aromatic carbocycles. The van der Waals surface area contributed by atoms with Crippen LogP contribution in [0, 0.1) is 11.3 Å². The largest absolute Gasteiger partial charge is 0.301 e. The number of nitrogens with zero attached hydrogens (tertiary/aromatic N) is 3. The molecule has 1 saturated heterocycles. The Kier molecular flexibility index (Phi) is 6.60. The molecule has 1 aromatic rings. The third-order valence-electron chi connectivity index (χ3n) is 3.49. The number of benzene rings is 1. The first-order valence-electron chi connectivity index (χ1n) is 6.36. The number of hydrogen-bond acceptors (Lipinski definition) is 3. The summed E-state index contributed by atoms with van der Waals surface area (Å²) in [6.07, 6.45) is 0. The van der Waals surface area contributed by atoms with E-state index < -0.39 is 0 Å². The fourth-order valence-corrected chi connectivity index (χ4v) is 2.49. The zero-order valence-electron chi connectivity index (χ0n) is 11.1. The minimum Gasteiger partial charge on any atom is -0.301 e. The smallest absolute Gasteiger partial charge is 0.0992 e. The third-order valence-corrected chi connectivity index (χ3v) is 3.84. The number of rotatable bonds is 3. The van der Waals surface area contributed by atoms with E-state index in [0.29, 0.717) is 10.6 Å². The molecule has 0 unspecified atom stereocenters. The molecule has 0 radical (unpaired) electrons. The Hall–Kier alpha value is -0.790. The van der Waals surface area contributed by atoms with Gasteiger partial charge in [-0.1, -0.05) is 24.6 Å². The average molecular weight is 300 g/mol. The van der Waals surface area contributed by atoms with Crippen molar-refractivity contribution in [1.29, 1.82) is 5.26 Å². The molecule has 3 nitrogen and oxygen atoms in total. The monoisotopic (exact) mass is 299 g/mol. The van der Waals surface area contributed by atoms with E-state index in [0.717, 1.165) is 44.8 Å². The van der Waals surface area contributed by atoms with Crippen LogP contribution in [0.25, 0.3) is 0 Å². The summed E-state index contributed by atoms with van der Waals surface area (Å²) < 4.78 is 0. The fourth-order valence-electron chi connectivity index (χ4n) is 2.25. The molecular weight excluding hydrogens is 281 g/mol. The van der Waals surface area contributed by atoms with Crippen molar-refractivity contribution in [2.45, 2.75) is 13.5 Å². The molecule has 5 heteroatoms. The lowest BCUT2D eigenvalue weighted by Crippen LogP contribution is -2.45. The van der Waals surface area contributed by atoms with E-state index in [4.69, 9.17) is 16.9 Å². The van der Waals surface area contributed by atoms with E-state index in [1.165, 1.54) is 0 Å². The molecule has 0 saturated carbocycles. The Balaban J connectivity index is 0.00000180. The molecule has 0 aromatic heterocycles. The topological polar surface area (TPSA) is 30.3 Å². The number of likely N-dealkylation sites (N-methyl/N-ethyl adjacent to an activating group) is 1. The Morgan fingerprint density at radius 3 is 2.37 bits per heavy atom. The lowest BCUT2D eigenvalue weighted by Gasteiger charge is -2.34. The third kappa shape index (κ3) is 4.36. The van der Waals surface area contributed by atoms with E-state index in [-0.39, 0.29) is 12.4 Å². The van der Waals surface area contributed by atoms with E-state index >= 15 is 0 Å². The van der Waals surface area contributed by atoms with Gasteiger partial charge in [0.15, 0.2) is 0 Å². The van der Waals surface area contributed by atoms with Gasteiger partial charge in [-0.15, -0.1) is 12.4 Å². The van der Waals surface area contributed by atoms with Crippen LogP contribution in [-0.2, 0) is 6.54 Å². The quantitative estimate of drug-likeness (QED) is 0.860. The second-order valence-electron chi connectivity index (χ2n) is 4.63. The lowest BCUT2D eigenvalue weighted by atomic mass is 10.1. The van der Waals surface area contributed by atoms with Crippen LogP contribution < -0.4 is 0 Å². The van der Waals surface area contributed by atoms with Gasteiger partial charge in [0.1, 0.15) is 0 Å². The lowest BCUT2D eigenvalue weighted by molar-refractivity contribution is 0.132. The highest BCUT2D eigenvalue weighted by Crippen LogP contribution is 2.20. The summed E-state index contributed by atoms with van der Waals surface area (Å²) in [5, 5.41) is 9.51. The molecule has 2 rings (SSSR count). The second-order valence-corrected chi connectivity index (χ2v) is 5.04. The minimum absolute atomic E-state index is 0. The van der Waals surface area contributed by atoms with Gasteiger partial charge in [0, 0.05) is 37.7 Å². The number of hydrogen-bond donors (Lipinski definition) is 0. The van der Waals surface area contributed by atoms with Crippen molar-refractivity contribution < 1.29 is 0 Å². The van der Waals surface area contributed by atoms with E-state index in [9.17, 15) is 0 Å². The Bertz CT molecular complexity index is 448. The van der Waals surface area contributed by atoms with Crippen molar-refractivity contribution in [1.82, 2.24) is 9.80 Å². The summed E-state index contributed by atoms with van der Waals surface area (Å²) in [5.74, 6) is 0. The van der Waals surface area contributed by atoms with Crippen molar-refractivity contribution in [2.24, 2.45) is 0 Å². The first kappa shape index (κ1) is 16.3. The van der Waals surface area contributed by atoms with Crippen molar-refractivity contribution in [3.8, 4) is 6.07 Å². The zero-order chi connectivity index (χ0) is 13.0. The van der Waals surface area contributed by atoms with Crippen LogP contribution in [0.4, 0.5) is 0 Å². The van der Waals surface area contributed by atoms with E-state index in [1.54, 1.807) is 6.07 Å². The molecule has 1 heterocycles. The summed E-state index contributed by atoms with van der Waals surface area (Å²) in [6, 6.07) is 7.66. The van der Waals surface area contributed by atoms with Gasteiger partial charge in [0.2, 0.25) is 0 Å². The average Bonchev–Trinajstić information content (AvgIpc) is 2.42. The van der Waals surface area contributed by atoms with Gasteiger partial charge in [0.05, 0.1) is 11.6 Å². The van der Waals surface area contributed by atoms with Crippen LogP contribution in [0.3, 0.4) is 0 Å². The molecule has 19 heavy (non-hydrogen) atoms. The predicted octanol–water partition coefficient (Wildman–Crippen LogP) is 2.77. The maximum absolute atomic E-state index is 8.81. The summed E-state index contributed by atoms with van der Waals surface area (Å²) in [7, 11) is 0. The van der Waals surface area contributed by atoms with Crippen LogP contribution in [-0.4, -0.2) is 42.5 Å². The normalized spacial score (nSPS) is 16.7. The molecule has 1 aliphatic rings. The minimum atomic E-state index is 0. The summed E-state index contributed by atoms with van der Waals surface area (Å²) in [5.41, 5.74) is 1.74. The van der Waals surface area contributed by atoms with Crippen molar-refractivity contribution in [3.63, 3.8) is 0 Å². The van der Waals surface area contributed by atoms with Gasteiger partial charge in [-0.25, -0.2) is 0 Å². The van der Waals surface area contributed by atoms with Crippen LogP contribution in [0.5, 0.6) is 0 Å². The first-order chi connectivity index (χ1) is 8.72. The number of piperazine rings is 1. The highest BCUT2D eigenvalue weighted by atomic mass is 35.5. The first-order valence-corrected chi connectivity index (χ1v) is 6.74. The molecule has 0 atom stereocenters. The Morgan fingerprint density at radius 2 is 1.84 bits per heavy atom. The van der Waals surface area contributed by atoms with E-state index in [1.807, 2.05) is 12.1 Å². The van der Waals surface area contributed by atoms with Crippen LogP contribution in [0.15, 0.2) is 18.2 Å². The molecule has 0 amide bonds. The molecular formula is C14H19Cl2N3. The Morgan fingerprint density at radius 1 is 1.21 bits per heavy atom. The molecule has 0 bridgehead atoms. The van der Waals surface area contributed by atoms with Gasteiger partial charge < -0.3 is 4.90 Å². The van der Waals surface area contributed by atoms with Gasteiger partial charge in [0.25, 0.3) is 0 Å². The maximum Gasteiger partial charge on any atom is 0.0992 e. The molecule has 1 aliphatic heterocycles. The van der Waals surface area contributed by atoms with Gasteiger partial charge >= 0.3 is 0 Å². The Labute approximate surface area is 126 Å². The number of nitriles is 1. The van der Waals surface area contributed by atoms with Crippen molar-refractivity contribution in [2.75, 3.05) is 32.7 Å². The van der Waals surface area contributed by atoms with E-state index in [2.05, 4.69) is 22.8 Å². The summed E-state index contributed by atoms with van der Waals surface area (Å²) >= 11 is 6.20. The molecule has 0 N–H and O–H groups in total. The maximum atomic E-state index is 8.81. The van der Waals surface area contributed by atoms with Crippen molar-refractivity contribution in [3.05, 3.63) is 34.3 Å². The fraction of sp³-hybridized carbons (Fsp3) is 0.500. The molecule has 104 valence electrons. The summed E-state index contributed by atoms with van der Waals surface area (Å²) in [4.78, 5) is 4.87. The van der Waals surface area contributed by atoms with Crippen LogP contribution >= 0.6 is 24.0 Å². The molecule has 0 spiro atoms. The van der Waals surface area contributed by atoms with Gasteiger partial charge in [-0.05, 0) is 24.2 Å². The predicted molar refractivity (Wildman–Crippen MR) is 80.8 cm³/mol. The molecule has 0 aliphatic carbocycles. The van der Waals surface area contributed by atoms with Crippen LogP contribution in [0.2, 0.25) is 5.02 Å².